The van der Waals surface area contributed by atoms with E-state index in [1.165, 1.54) is 0 Å². The van der Waals surface area contributed by atoms with Crippen molar-refractivity contribution in [2.75, 3.05) is 13.7 Å². The molecule has 0 bridgehead atoms. The van der Waals surface area contributed by atoms with Gasteiger partial charge in [-0.3, -0.25) is 0 Å². The van der Waals surface area contributed by atoms with Crippen LogP contribution < -0.4 is 5.32 Å². The van der Waals surface area contributed by atoms with Gasteiger partial charge < -0.3 is 15.2 Å². The van der Waals surface area contributed by atoms with Gasteiger partial charge in [0.2, 0.25) is 0 Å². The Kier molecular flexibility index (Phi) is 4.70. The molecule has 0 heterocycles. The number of aliphatic hydroxyl groups excluding tert-OH is 1. The number of hydrogen-bond acceptors (Lipinski definition) is 3. The molecule has 1 saturated carbocycles. The third kappa shape index (κ3) is 3.63. The average molecular weight is 187 g/mol. The van der Waals surface area contributed by atoms with Crippen molar-refractivity contribution in [3.8, 4) is 0 Å². The van der Waals surface area contributed by atoms with Crippen LogP contribution >= 0.6 is 0 Å². The molecule has 3 atom stereocenters. The van der Waals surface area contributed by atoms with Gasteiger partial charge in [-0.25, -0.2) is 0 Å². The van der Waals surface area contributed by atoms with Crippen molar-refractivity contribution in [3.63, 3.8) is 0 Å². The topological polar surface area (TPSA) is 41.5 Å². The lowest BCUT2D eigenvalue weighted by atomic mass is 10.1. The molecular weight excluding hydrogens is 166 g/mol. The quantitative estimate of drug-likeness (QED) is 0.672. The first kappa shape index (κ1) is 11.0. The third-order valence-electron chi connectivity index (χ3n) is 2.73. The first-order valence-corrected chi connectivity index (χ1v) is 5.17. The van der Waals surface area contributed by atoms with Crippen molar-refractivity contribution >= 4 is 0 Å². The molecule has 0 radical (unpaired) electrons. The number of ether oxygens (including phenoxy) is 1. The zero-order valence-corrected chi connectivity index (χ0v) is 8.62. The second-order valence-electron chi connectivity index (χ2n) is 3.95. The Morgan fingerprint density at radius 1 is 1.54 bits per heavy atom. The molecule has 0 aromatic rings. The number of aliphatic hydroxyl groups is 1. The molecule has 0 spiro atoms. The number of nitrogens with one attached hydrogen (secondary N) is 1. The lowest BCUT2D eigenvalue weighted by Crippen LogP contribution is -2.41. The van der Waals surface area contributed by atoms with Gasteiger partial charge in [-0.15, -0.1) is 0 Å². The lowest BCUT2D eigenvalue weighted by Gasteiger charge is -2.21. The molecule has 1 fully saturated rings. The van der Waals surface area contributed by atoms with Crippen LogP contribution in [0, 0.1) is 0 Å². The first-order chi connectivity index (χ1) is 6.24. The highest BCUT2D eigenvalue weighted by Gasteiger charge is 2.25. The highest BCUT2D eigenvalue weighted by molar-refractivity contribution is 4.84. The maximum Gasteiger partial charge on any atom is 0.0693 e. The summed E-state index contributed by atoms with van der Waals surface area (Å²) < 4.78 is 5.00. The summed E-state index contributed by atoms with van der Waals surface area (Å²) in [7, 11) is 1.72. The first-order valence-electron chi connectivity index (χ1n) is 5.17. The molecule has 13 heavy (non-hydrogen) atoms. The van der Waals surface area contributed by atoms with E-state index in [0.717, 1.165) is 32.3 Å². The number of hydrogen-bond donors (Lipinski definition) is 2. The fourth-order valence-electron chi connectivity index (χ4n) is 1.88. The van der Waals surface area contributed by atoms with Gasteiger partial charge in [-0.05, 0) is 32.6 Å². The van der Waals surface area contributed by atoms with Crippen LogP contribution in [0.2, 0.25) is 0 Å². The minimum absolute atomic E-state index is 0.134. The monoisotopic (exact) mass is 187 g/mol. The maximum atomic E-state index is 9.57. The number of methoxy groups -OCH3 is 1. The zero-order valence-electron chi connectivity index (χ0n) is 8.62. The van der Waals surface area contributed by atoms with E-state index in [2.05, 4.69) is 12.2 Å². The van der Waals surface area contributed by atoms with Gasteiger partial charge >= 0.3 is 0 Å². The summed E-state index contributed by atoms with van der Waals surface area (Å²) >= 11 is 0. The van der Waals surface area contributed by atoms with E-state index in [0.29, 0.717) is 12.1 Å². The maximum absolute atomic E-state index is 9.57. The summed E-state index contributed by atoms with van der Waals surface area (Å²) in [6, 6.07) is 0.754. The van der Waals surface area contributed by atoms with Crippen LogP contribution in [0.15, 0.2) is 0 Å². The molecule has 2 N–H and O–H groups in total. The average Bonchev–Trinajstić information content (AvgIpc) is 2.48. The van der Waals surface area contributed by atoms with Crippen molar-refractivity contribution < 1.29 is 9.84 Å². The minimum atomic E-state index is -0.134. The summed E-state index contributed by atoms with van der Waals surface area (Å²) in [5.41, 5.74) is 0. The van der Waals surface area contributed by atoms with Crippen molar-refractivity contribution in [2.45, 2.75) is 50.8 Å². The predicted molar refractivity (Wildman–Crippen MR) is 52.7 cm³/mol. The molecule has 3 nitrogen and oxygen atoms in total. The van der Waals surface area contributed by atoms with Crippen molar-refractivity contribution in [3.05, 3.63) is 0 Å². The van der Waals surface area contributed by atoms with Crippen LogP contribution in [0.25, 0.3) is 0 Å². The van der Waals surface area contributed by atoms with E-state index in [4.69, 9.17) is 4.74 Å². The Morgan fingerprint density at radius 2 is 2.31 bits per heavy atom. The molecule has 1 aliphatic rings. The van der Waals surface area contributed by atoms with Crippen LogP contribution in [0.5, 0.6) is 0 Å². The van der Waals surface area contributed by atoms with Gasteiger partial charge in [0.05, 0.1) is 6.10 Å². The second kappa shape index (κ2) is 5.58. The molecule has 1 rings (SSSR count). The molecular formula is C10H21NO2. The van der Waals surface area contributed by atoms with Crippen molar-refractivity contribution in [1.82, 2.24) is 5.32 Å². The third-order valence-corrected chi connectivity index (χ3v) is 2.73. The molecule has 3 heteroatoms. The minimum Gasteiger partial charge on any atom is -0.392 e. The van der Waals surface area contributed by atoms with Crippen LogP contribution in [-0.4, -0.2) is 37.0 Å². The van der Waals surface area contributed by atoms with Crippen LogP contribution in [0.3, 0.4) is 0 Å². The fourth-order valence-corrected chi connectivity index (χ4v) is 1.88. The van der Waals surface area contributed by atoms with Gasteiger partial charge in [0.1, 0.15) is 0 Å². The van der Waals surface area contributed by atoms with E-state index in [-0.39, 0.29) is 6.10 Å². The summed E-state index contributed by atoms with van der Waals surface area (Å²) in [5, 5.41) is 13.0. The van der Waals surface area contributed by atoms with Crippen molar-refractivity contribution in [1.29, 1.82) is 0 Å². The highest BCUT2D eigenvalue weighted by Crippen LogP contribution is 2.19. The van der Waals surface area contributed by atoms with E-state index >= 15 is 0 Å². The van der Waals surface area contributed by atoms with E-state index in [1.54, 1.807) is 7.11 Å². The molecule has 1 aliphatic carbocycles. The SMILES string of the molecule is COCCC(C)NC1CCCC1O. The van der Waals surface area contributed by atoms with Gasteiger partial charge in [-0.1, -0.05) is 0 Å². The normalized spacial score (nSPS) is 30.7. The molecule has 78 valence electrons. The van der Waals surface area contributed by atoms with Gasteiger partial charge in [0.25, 0.3) is 0 Å². The Bertz CT molecular complexity index is 141. The molecule has 0 amide bonds. The van der Waals surface area contributed by atoms with Gasteiger partial charge in [0, 0.05) is 25.8 Å². The summed E-state index contributed by atoms with van der Waals surface area (Å²) in [5.74, 6) is 0. The summed E-state index contributed by atoms with van der Waals surface area (Å²) in [6.45, 7) is 2.93. The fraction of sp³-hybridized carbons (Fsp3) is 1.00. The van der Waals surface area contributed by atoms with E-state index in [1.807, 2.05) is 0 Å². The molecule has 3 unspecified atom stereocenters. The lowest BCUT2D eigenvalue weighted by molar-refractivity contribution is 0.135. The Labute approximate surface area is 80.5 Å². The molecule has 0 aromatic carbocycles. The molecule has 0 aromatic heterocycles. The molecule has 0 saturated heterocycles. The largest absolute Gasteiger partial charge is 0.392 e. The zero-order chi connectivity index (χ0) is 9.68. The second-order valence-corrected chi connectivity index (χ2v) is 3.95. The van der Waals surface area contributed by atoms with Gasteiger partial charge in [0.15, 0.2) is 0 Å². The Balaban J connectivity index is 2.15. The Morgan fingerprint density at radius 3 is 2.85 bits per heavy atom. The summed E-state index contributed by atoms with van der Waals surface area (Å²) in [6.07, 6.45) is 4.09. The van der Waals surface area contributed by atoms with E-state index < -0.39 is 0 Å². The van der Waals surface area contributed by atoms with Gasteiger partial charge in [-0.2, -0.15) is 0 Å². The smallest absolute Gasteiger partial charge is 0.0693 e. The van der Waals surface area contributed by atoms with Crippen LogP contribution in [0.4, 0.5) is 0 Å². The molecule has 0 aliphatic heterocycles. The Hall–Kier alpha value is -0.120. The predicted octanol–water partition coefficient (Wildman–Crippen LogP) is 0.914. The van der Waals surface area contributed by atoms with Crippen molar-refractivity contribution in [2.24, 2.45) is 0 Å². The van der Waals surface area contributed by atoms with Crippen LogP contribution in [-0.2, 0) is 4.74 Å². The standard InChI is InChI=1S/C10H21NO2/c1-8(6-7-13-2)11-9-4-3-5-10(9)12/h8-12H,3-7H2,1-2H3. The van der Waals surface area contributed by atoms with E-state index in [9.17, 15) is 5.11 Å². The van der Waals surface area contributed by atoms with Crippen LogP contribution in [0.1, 0.15) is 32.6 Å². The summed E-state index contributed by atoms with van der Waals surface area (Å²) in [4.78, 5) is 0. The highest BCUT2D eigenvalue weighted by atomic mass is 16.5. The number of rotatable bonds is 5.